The van der Waals surface area contributed by atoms with E-state index in [0.717, 1.165) is 17.1 Å². The van der Waals surface area contributed by atoms with Crippen molar-refractivity contribution < 1.29 is 0 Å². The Bertz CT molecular complexity index is 5330. The highest BCUT2D eigenvalue weighted by molar-refractivity contribution is 6.48. The molecule has 3 nitrogen and oxygen atoms in total. The summed E-state index contributed by atoms with van der Waals surface area (Å²) in [5, 5.41) is 28.0. The maximum atomic E-state index is 2.65. The highest BCUT2D eigenvalue weighted by atomic mass is 15.1. The molecule has 0 radical (unpaired) electrons. The predicted octanol–water partition coefficient (Wildman–Crippen LogP) is 22.6. The molecule has 0 aliphatic carbocycles. The van der Waals surface area contributed by atoms with Crippen LogP contribution in [0, 0.1) is 0 Å². The van der Waals surface area contributed by atoms with Crippen LogP contribution >= 0.6 is 0 Å². The number of anilines is 3. The third kappa shape index (κ3) is 6.18. The molecule has 18 aromatic rings. The minimum absolute atomic E-state index is 0.0140. The van der Waals surface area contributed by atoms with E-state index in [1.165, 1.54) is 163 Å². The molecule has 0 aliphatic rings. The summed E-state index contributed by atoms with van der Waals surface area (Å²) in [5.74, 6) is 0. The van der Waals surface area contributed by atoms with Crippen LogP contribution < -0.4 is 4.90 Å². The molecular weight excluding hydrogens is 1000 g/mol. The van der Waals surface area contributed by atoms with Crippen molar-refractivity contribution in [2.45, 2.75) is 52.4 Å². The van der Waals surface area contributed by atoms with Crippen LogP contribution in [0.25, 0.3) is 152 Å². The molecule has 0 saturated heterocycles. The summed E-state index contributed by atoms with van der Waals surface area (Å²) in [4.78, 5) is 2.50. The molecule has 0 spiro atoms. The third-order valence-electron chi connectivity index (χ3n) is 19.0. The summed E-state index contributed by atoms with van der Waals surface area (Å²) >= 11 is 0. The van der Waals surface area contributed by atoms with E-state index in [2.05, 4.69) is 292 Å². The zero-order valence-corrected chi connectivity index (χ0v) is 47.4. The molecule has 83 heavy (non-hydrogen) atoms. The van der Waals surface area contributed by atoms with Crippen LogP contribution in [0.5, 0.6) is 0 Å². The molecule has 18 rings (SSSR count). The Labute approximate surface area is 480 Å². The molecule has 0 bridgehead atoms. The van der Waals surface area contributed by atoms with E-state index in [4.69, 9.17) is 0 Å². The second-order valence-corrected chi connectivity index (χ2v) is 25.5. The van der Waals surface area contributed by atoms with Gasteiger partial charge in [-0.05, 0) is 147 Å². The van der Waals surface area contributed by atoms with Crippen LogP contribution in [0.4, 0.5) is 17.1 Å². The first-order valence-corrected chi connectivity index (χ1v) is 29.4. The van der Waals surface area contributed by atoms with Crippen LogP contribution in [0.3, 0.4) is 0 Å². The maximum absolute atomic E-state index is 2.65. The lowest BCUT2D eigenvalue weighted by atomic mass is 9.86. The number of fused-ring (bicyclic) bond motifs is 14. The molecule has 0 saturated carbocycles. The summed E-state index contributed by atoms with van der Waals surface area (Å²) < 4.78 is 5.30. The smallest absolute Gasteiger partial charge is 0.0633 e. The third-order valence-corrected chi connectivity index (χ3v) is 19.0. The molecule has 0 aliphatic heterocycles. The number of nitrogens with zero attached hydrogens (tertiary/aromatic N) is 3. The molecule has 0 amide bonds. The lowest BCUT2D eigenvalue weighted by molar-refractivity contribution is 0.590. The van der Waals surface area contributed by atoms with Gasteiger partial charge in [0.25, 0.3) is 0 Å². The van der Waals surface area contributed by atoms with Gasteiger partial charge >= 0.3 is 0 Å². The summed E-state index contributed by atoms with van der Waals surface area (Å²) in [6, 6.07) is 90.6. The summed E-state index contributed by atoms with van der Waals surface area (Å²) in [5.41, 5.74) is 13.3. The minimum atomic E-state index is 0.0140. The van der Waals surface area contributed by atoms with E-state index in [0.29, 0.717) is 0 Å². The number of rotatable bonds is 5. The van der Waals surface area contributed by atoms with E-state index in [9.17, 15) is 0 Å². The predicted molar refractivity (Wildman–Crippen MR) is 358 cm³/mol. The number of para-hydroxylation sites is 4. The van der Waals surface area contributed by atoms with Gasteiger partial charge in [0.05, 0.1) is 39.1 Å². The van der Waals surface area contributed by atoms with Crippen LogP contribution in [-0.2, 0) is 10.8 Å². The second-order valence-electron chi connectivity index (χ2n) is 25.5. The van der Waals surface area contributed by atoms with Crippen molar-refractivity contribution in [1.82, 2.24) is 9.13 Å². The molecule has 0 atom stereocenters. The first kappa shape index (κ1) is 46.8. The van der Waals surface area contributed by atoms with Crippen LogP contribution in [0.15, 0.2) is 237 Å². The lowest BCUT2D eigenvalue weighted by Gasteiger charge is -2.29. The van der Waals surface area contributed by atoms with Gasteiger partial charge in [0.1, 0.15) is 0 Å². The number of benzene rings is 14. The van der Waals surface area contributed by atoms with Crippen molar-refractivity contribution in [3.8, 4) is 11.4 Å². The molecular formula is C80H57N3. The molecule has 392 valence electrons. The zero-order chi connectivity index (χ0) is 55.4. The molecule has 0 N–H and O–H groups in total. The average Bonchev–Trinajstić information content (AvgIpc) is 1.56. The molecule has 2 aromatic heterocycles. The summed E-state index contributed by atoms with van der Waals surface area (Å²) in [6.45, 7) is 13.8. The SMILES string of the molecule is CC(C)(C)c1ccc(N(c2ccc(C(C)(C)C)cc2)c2ccc3c4c(-n5c6ccccc6c6ccccc65)c5c6ccc7c8cccc9cccc(c%10ccc(c5c(-n5c%11ccccc%11c%11ccccc%115)c4c4cccc2c43)c6c%107)c98)cc1. The monoisotopic (exact) mass is 1060 g/mol. The Kier molecular flexibility index (Phi) is 9.22. The Hall–Kier alpha value is -9.96. The van der Waals surface area contributed by atoms with Gasteiger partial charge < -0.3 is 14.0 Å². The molecule has 3 heteroatoms. The lowest BCUT2D eigenvalue weighted by Crippen LogP contribution is -2.14. The number of hydrogen-bond donors (Lipinski definition) is 0. The fourth-order valence-corrected chi connectivity index (χ4v) is 15.3. The largest absolute Gasteiger partial charge is 0.310 e. The van der Waals surface area contributed by atoms with Crippen molar-refractivity contribution in [1.29, 1.82) is 0 Å². The Morgan fingerprint density at radius 1 is 0.241 bits per heavy atom. The van der Waals surface area contributed by atoms with E-state index in [-0.39, 0.29) is 10.8 Å². The van der Waals surface area contributed by atoms with Crippen LogP contribution in [0.1, 0.15) is 52.7 Å². The Morgan fingerprint density at radius 3 is 0.988 bits per heavy atom. The van der Waals surface area contributed by atoms with Crippen molar-refractivity contribution in [3.63, 3.8) is 0 Å². The Balaban J connectivity index is 1.08. The molecule has 2 heterocycles. The molecule has 0 unspecified atom stereocenters. The van der Waals surface area contributed by atoms with E-state index >= 15 is 0 Å². The van der Waals surface area contributed by atoms with E-state index in [1.807, 2.05) is 0 Å². The number of hydrogen-bond acceptors (Lipinski definition) is 1. The van der Waals surface area contributed by atoms with Crippen molar-refractivity contribution in [2.24, 2.45) is 0 Å². The molecule has 0 fully saturated rings. The van der Waals surface area contributed by atoms with Gasteiger partial charge in [-0.15, -0.1) is 0 Å². The summed E-state index contributed by atoms with van der Waals surface area (Å²) in [6.07, 6.45) is 0. The van der Waals surface area contributed by atoms with Gasteiger partial charge in [-0.3, -0.25) is 0 Å². The fraction of sp³-hybridized carbons (Fsp3) is 0.100. The summed E-state index contributed by atoms with van der Waals surface area (Å²) in [7, 11) is 0. The van der Waals surface area contributed by atoms with Gasteiger partial charge in [-0.2, -0.15) is 0 Å². The van der Waals surface area contributed by atoms with Gasteiger partial charge in [0.2, 0.25) is 0 Å². The number of aromatic nitrogens is 2. The van der Waals surface area contributed by atoms with Gasteiger partial charge in [0, 0.05) is 59.9 Å². The van der Waals surface area contributed by atoms with Gasteiger partial charge in [-0.25, -0.2) is 0 Å². The van der Waals surface area contributed by atoms with Gasteiger partial charge in [-0.1, -0.05) is 224 Å². The topological polar surface area (TPSA) is 13.1 Å². The quantitative estimate of drug-likeness (QED) is 0.124. The average molecular weight is 1060 g/mol. The minimum Gasteiger partial charge on any atom is -0.310 e. The normalized spacial score (nSPS) is 12.9. The van der Waals surface area contributed by atoms with Crippen molar-refractivity contribution >= 4 is 158 Å². The fourth-order valence-electron chi connectivity index (χ4n) is 15.3. The van der Waals surface area contributed by atoms with Crippen molar-refractivity contribution in [2.75, 3.05) is 4.90 Å². The first-order valence-electron chi connectivity index (χ1n) is 29.4. The Morgan fingerprint density at radius 2 is 0.554 bits per heavy atom. The maximum Gasteiger partial charge on any atom is 0.0633 e. The van der Waals surface area contributed by atoms with Crippen molar-refractivity contribution in [3.05, 3.63) is 248 Å². The second kappa shape index (κ2) is 16.4. The molecule has 16 aromatic carbocycles. The standard InChI is InChI=1S/C80H57N3/c1-79(2,3)47-32-36-49(37-33-47)81(50-38-34-48(35-39-50)80(4,5)6)68-45-44-61-70-59(68)26-17-27-60(70)73-74(61)78(83-66-30-13-9-22-53(66)54-23-10-14-31-67(54)83)76-63-43-41-58-56-25-16-19-46-18-15-24-55(69(46)56)57-40-42-62(72(63)71(57)58)75(76)77(73)82-64-28-11-7-20-51(64)52-21-8-12-29-65(52)82/h7-45H,1-6H3. The van der Waals surface area contributed by atoms with Gasteiger partial charge in [0.15, 0.2) is 0 Å². The van der Waals surface area contributed by atoms with Crippen LogP contribution in [0.2, 0.25) is 0 Å². The highest BCUT2D eigenvalue weighted by Crippen LogP contribution is 2.58. The zero-order valence-electron chi connectivity index (χ0n) is 47.4. The first-order chi connectivity index (χ1) is 40.5. The highest BCUT2D eigenvalue weighted by Gasteiger charge is 2.33. The van der Waals surface area contributed by atoms with E-state index in [1.54, 1.807) is 0 Å². The van der Waals surface area contributed by atoms with Crippen LogP contribution in [-0.4, -0.2) is 9.13 Å². The van der Waals surface area contributed by atoms with E-state index < -0.39 is 0 Å².